The number of carbonyl (C=O) groups is 1. The van der Waals surface area contributed by atoms with Crippen molar-refractivity contribution in [3.8, 4) is 0 Å². The van der Waals surface area contributed by atoms with E-state index in [1.54, 1.807) is 0 Å². The first kappa shape index (κ1) is 8.49. The van der Waals surface area contributed by atoms with Crippen molar-refractivity contribution >= 4 is 5.97 Å². The molecule has 1 aliphatic rings. The van der Waals surface area contributed by atoms with Crippen molar-refractivity contribution in [2.75, 3.05) is 13.2 Å². The van der Waals surface area contributed by atoms with Gasteiger partial charge in [-0.2, -0.15) is 0 Å². The minimum Gasteiger partial charge on any atom is -0.480 e. The summed E-state index contributed by atoms with van der Waals surface area (Å²) in [6.45, 7) is 4.70. The van der Waals surface area contributed by atoms with Gasteiger partial charge in [0.25, 0.3) is 0 Å². The Labute approximate surface area is 65.5 Å². The summed E-state index contributed by atoms with van der Waals surface area (Å²) in [6, 6.07) is -0.539. The topological polar surface area (TPSA) is 58.6 Å². The van der Waals surface area contributed by atoms with Crippen molar-refractivity contribution < 1.29 is 14.6 Å². The minimum absolute atomic E-state index is 0.230. The number of aliphatic carboxylic acids is 1. The summed E-state index contributed by atoms with van der Waals surface area (Å²) in [5.41, 5.74) is -0.230. The quantitative estimate of drug-likeness (QED) is 0.558. The average Bonchev–Trinajstić information content (AvgIpc) is 1.86. The highest BCUT2D eigenvalue weighted by Crippen LogP contribution is 2.12. The zero-order chi connectivity index (χ0) is 8.48. The van der Waals surface area contributed by atoms with Gasteiger partial charge in [-0.3, -0.25) is 10.1 Å². The summed E-state index contributed by atoms with van der Waals surface area (Å²) >= 11 is 0. The molecule has 1 atom stereocenters. The predicted octanol–water partition coefficient (Wildman–Crippen LogP) is -0.162. The fourth-order valence-electron chi connectivity index (χ4n) is 0.946. The second-order valence-corrected chi connectivity index (χ2v) is 3.34. The Balaban J connectivity index is 2.42. The fraction of sp³-hybridized carbons (Fsp3) is 0.857. The monoisotopic (exact) mass is 159 g/mol. The lowest BCUT2D eigenvalue weighted by molar-refractivity contribution is -0.147. The molecule has 0 saturated carbocycles. The first-order chi connectivity index (χ1) is 5.01. The van der Waals surface area contributed by atoms with Crippen molar-refractivity contribution in [1.29, 1.82) is 0 Å². The van der Waals surface area contributed by atoms with Crippen LogP contribution in [0.1, 0.15) is 13.8 Å². The predicted molar refractivity (Wildman–Crippen MR) is 39.5 cm³/mol. The number of hydrogen-bond acceptors (Lipinski definition) is 3. The number of morpholine rings is 1. The first-order valence-electron chi connectivity index (χ1n) is 3.61. The fourth-order valence-corrected chi connectivity index (χ4v) is 0.946. The van der Waals surface area contributed by atoms with E-state index in [1.807, 2.05) is 13.8 Å². The van der Waals surface area contributed by atoms with Crippen LogP contribution in [0.25, 0.3) is 0 Å². The number of ether oxygens (including phenoxy) is 1. The van der Waals surface area contributed by atoms with Crippen molar-refractivity contribution in [1.82, 2.24) is 5.32 Å². The summed E-state index contributed by atoms with van der Waals surface area (Å²) in [5, 5.41) is 11.5. The highest BCUT2D eigenvalue weighted by molar-refractivity contribution is 5.73. The second-order valence-electron chi connectivity index (χ2n) is 3.34. The van der Waals surface area contributed by atoms with Crippen molar-refractivity contribution in [2.45, 2.75) is 25.5 Å². The van der Waals surface area contributed by atoms with E-state index in [9.17, 15) is 4.79 Å². The van der Waals surface area contributed by atoms with E-state index in [4.69, 9.17) is 9.84 Å². The zero-order valence-electron chi connectivity index (χ0n) is 6.76. The van der Waals surface area contributed by atoms with Gasteiger partial charge >= 0.3 is 5.97 Å². The van der Waals surface area contributed by atoms with Gasteiger partial charge in [0.2, 0.25) is 0 Å². The molecule has 1 rings (SSSR count). The molecule has 4 heteroatoms. The Morgan fingerprint density at radius 2 is 2.36 bits per heavy atom. The van der Waals surface area contributed by atoms with E-state index in [0.29, 0.717) is 6.54 Å². The molecule has 0 aromatic heterocycles. The van der Waals surface area contributed by atoms with Crippen LogP contribution in [0.2, 0.25) is 0 Å². The molecule has 4 nitrogen and oxygen atoms in total. The number of hydrogen-bond donors (Lipinski definition) is 2. The van der Waals surface area contributed by atoms with Crippen LogP contribution < -0.4 is 5.32 Å². The smallest absolute Gasteiger partial charge is 0.323 e. The van der Waals surface area contributed by atoms with Crippen LogP contribution in [-0.2, 0) is 9.53 Å². The van der Waals surface area contributed by atoms with Crippen LogP contribution in [0, 0.1) is 0 Å². The summed E-state index contributed by atoms with van der Waals surface area (Å²) in [6.07, 6.45) is 0. The van der Waals surface area contributed by atoms with E-state index >= 15 is 0 Å². The lowest BCUT2D eigenvalue weighted by atomic mass is 10.1. The maximum Gasteiger partial charge on any atom is 0.323 e. The number of carboxylic acid groups (broad SMARTS) is 1. The Morgan fingerprint density at radius 1 is 1.73 bits per heavy atom. The Kier molecular flexibility index (Phi) is 2.15. The molecule has 0 aliphatic carbocycles. The van der Waals surface area contributed by atoms with E-state index < -0.39 is 12.0 Å². The average molecular weight is 159 g/mol. The zero-order valence-corrected chi connectivity index (χ0v) is 6.76. The van der Waals surface area contributed by atoms with Gasteiger partial charge < -0.3 is 9.84 Å². The van der Waals surface area contributed by atoms with E-state index in [-0.39, 0.29) is 12.2 Å². The lowest BCUT2D eigenvalue weighted by Crippen LogP contribution is -2.54. The van der Waals surface area contributed by atoms with Crippen molar-refractivity contribution in [3.05, 3.63) is 0 Å². The number of rotatable bonds is 1. The van der Waals surface area contributed by atoms with Gasteiger partial charge in [0.1, 0.15) is 6.04 Å². The van der Waals surface area contributed by atoms with Crippen LogP contribution >= 0.6 is 0 Å². The third-order valence-corrected chi connectivity index (χ3v) is 1.71. The molecule has 0 spiro atoms. The normalized spacial score (nSPS) is 29.8. The molecule has 0 amide bonds. The highest BCUT2D eigenvalue weighted by Gasteiger charge is 2.30. The maximum absolute atomic E-state index is 10.4. The summed E-state index contributed by atoms with van der Waals surface area (Å²) < 4.78 is 5.30. The first-order valence-corrected chi connectivity index (χ1v) is 3.61. The Morgan fingerprint density at radius 3 is 2.73 bits per heavy atom. The third kappa shape index (κ3) is 2.17. The van der Waals surface area contributed by atoms with Crippen molar-refractivity contribution in [3.63, 3.8) is 0 Å². The molecule has 11 heavy (non-hydrogen) atoms. The van der Waals surface area contributed by atoms with Crippen LogP contribution in [-0.4, -0.2) is 35.9 Å². The molecule has 0 unspecified atom stereocenters. The summed E-state index contributed by atoms with van der Waals surface area (Å²) in [4.78, 5) is 10.4. The molecular formula is C7H13NO3. The van der Waals surface area contributed by atoms with E-state index in [1.165, 1.54) is 0 Å². The van der Waals surface area contributed by atoms with Crippen molar-refractivity contribution in [2.24, 2.45) is 0 Å². The molecule has 0 aromatic rings. The molecule has 64 valence electrons. The van der Waals surface area contributed by atoms with Gasteiger partial charge in [0, 0.05) is 6.54 Å². The van der Waals surface area contributed by atoms with Gasteiger partial charge in [-0.15, -0.1) is 0 Å². The molecular weight excluding hydrogens is 146 g/mol. The van der Waals surface area contributed by atoms with Crippen LogP contribution in [0.4, 0.5) is 0 Å². The van der Waals surface area contributed by atoms with E-state index in [0.717, 1.165) is 0 Å². The van der Waals surface area contributed by atoms with Gasteiger partial charge in [-0.25, -0.2) is 0 Å². The van der Waals surface area contributed by atoms with Crippen LogP contribution in [0.5, 0.6) is 0 Å². The molecule has 0 aromatic carbocycles. The molecule has 1 heterocycles. The summed E-state index contributed by atoms with van der Waals surface area (Å²) in [5.74, 6) is -0.847. The number of carboxylic acids is 1. The van der Waals surface area contributed by atoms with Gasteiger partial charge in [-0.05, 0) is 13.8 Å². The summed E-state index contributed by atoms with van der Waals surface area (Å²) in [7, 11) is 0. The number of nitrogens with one attached hydrogen (secondary N) is 1. The maximum atomic E-state index is 10.4. The van der Waals surface area contributed by atoms with E-state index in [2.05, 4.69) is 5.32 Å². The molecule has 0 bridgehead atoms. The third-order valence-electron chi connectivity index (χ3n) is 1.71. The SMILES string of the molecule is CC1(C)CN[C@@H](C(=O)O)CO1. The largest absolute Gasteiger partial charge is 0.480 e. The van der Waals surface area contributed by atoms with Gasteiger partial charge in [-0.1, -0.05) is 0 Å². The molecule has 1 aliphatic heterocycles. The van der Waals surface area contributed by atoms with Gasteiger partial charge in [0.05, 0.1) is 12.2 Å². The Bertz CT molecular complexity index is 157. The van der Waals surface area contributed by atoms with Crippen LogP contribution in [0.3, 0.4) is 0 Å². The molecule has 1 saturated heterocycles. The van der Waals surface area contributed by atoms with Gasteiger partial charge in [0.15, 0.2) is 0 Å². The molecule has 1 fully saturated rings. The second kappa shape index (κ2) is 2.79. The minimum atomic E-state index is -0.847. The molecule has 0 radical (unpaired) electrons. The highest BCUT2D eigenvalue weighted by atomic mass is 16.5. The molecule has 2 N–H and O–H groups in total. The van der Waals surface area contributed by atoms with Crippen LogP contribution in [0.15, 0.2) is 0 Å². The Hall–Kier alpha value is -0.610. The lowest BCUT2D eigenvalue weighted by Gasteiger charge is -2.33. The standard InChI is InChI=1S/C7H13NO3/c1-7(2)4-8-5(3-11-7)6(9)10/h5,8H,3-4H2,1-2H3,(H,9,10)/t5-/m1/s1.